The third-order valence-corrected chi connectivity index (χ3v) is 4.90. The van der Waals surface area contributed by atoms with Gasteiger partial charge in [0, 0.05) is 13.1 Å². The van der Waals surface area contributed by atoms with Crippen LogP contribution in [0.15, 0.2) is 47.5 Å². The second-order valence-corrected chi connectivity index (χ2v) is 7.45. The molecule has 1 heterocycles. The Hall–Kier alpha value is -2.12. The molecule has 0 radical (unpaired) electrons. The van der Waals surface area contributed by atoms with Crippen LogP contribution in [0.1, 0.15) is 12.5 Å². The van der Waals surface area contributed by atoms with E-state index in [1.807, 2.05) is 33.2 Å². The summed E-state index contributed by atoms with van der Waals surface area (Å²) in [5.41, 5.74) is 1.95. The summed E-state index contributed by atoms with van der Waals surface area (Å²) in [7, 11) is 0.391. The Morgan fingerprint density at radius 3 is 2.33 bits per heavy atom. The molecular weight excluding hydrogens is 324 g/mol. The van der Waals surface area contributed by atoms with Crippen molar-refractivity contribution >= 4 is 21.5 Å². The Labute approximate surface area is 144 Å². The van der Waals surface area contributed by atoms with Gasteiger partial charge in [-0.15, -0.1) is 0 Å². The van der Waals surface area contributed by atoms with Crippen LogP contribution in [-0.4, -0.2) is 45.5 Å². The maximum Gasteiger partial charge on any atom is 0.263 e. The fraction of sp³-hybridized carbons (Fsp3) is 0.353. The van der Waals surface area contributed by atoms with Gasteiger partial charge in [0.1, 0.15) is 5.82 Å². The zero-order chi connectivity index (χ0) is 17.6. The molecule has 0 aliphatic rings. The minimum atomic E-state index is -3.62. The molecule has 2 rings (SSSR count). The Morgan fingerprint density at radius 2 is 1.79 bits per heavy atom. The molecule has 0 bridgehead atoms. The molecule has 0 spiro atoms. The van der Waals surface area contributed by atoms with Crippen molar-refractivity contribution in [3.8, 4) is 0 Å². The summed E-state index contributed by atoms with van der Waals surface area (Å²) in [6.07, 6.45) is 2.49. The first-order valence-corrected chi connectivity index (χ1v) is 9.35. The fourth-order valence-corrected chi connectivity index (χ4v) is 3.09. The van der Waals surface area contributed by atoms with Crippen LogP contribution in [0.5, 0.6) is 0 Å². The fourth-order valence-electron chi connectivity index (χ4n) is 2.08. The molecule has 0 aliphatic carbocycles. The lowest BCUT2D eigenvalue weighted by Gasteiger charge is -2.12. The van der Waals surface area contributed by atoms with Crippen LogP contribution >= 0.6 is 0 Å². The number of nitrogens with zero attached hydrogens (tertiary/aromatic N) is 2. The molecule has 0 unspecified atom stereocenters. The molecule has 0 aliphatic heterocycles. The van der Waals surface area contributed by atoms with Crippen molar-refractivity contribution in [1.29, 1.82) is 0 Å². The van der Waals surface area contributed by atoms with Crippen LogP contribution in [0.25, 0.3) is 0 Å². The second-order valence-electron chi connectivity index (χ2n) is 5.77. The number of nitrogens with one attached hydrogen (secondary N) is 2. The molecule has 1 aromatic heterocycles. The molecule has 7 heteroatoms. The van der Waals surface area contributed by atoms with Gasteiger partial charge in [-0.2, -0.15) is 0 Å². The lowest BCUT2D eigenvalue weighted by atomic mass is 10.2. The van der Waals surface area contributed by atoms with Gasteiger partial charge in [-0.25, -0.2) is 13.4 Å². The number of benzene rings is 1. The minimum absolute atomic E-state index is 0.231. The van der Waals surface area contributed by atoms with E-state index in [1.54, 1.807) is 30.5 Å². The van der Waals surface area contributed by atoms with Gasteiger partial charge >= 0.3 is 0 Å². The van der Waals surface area contributed by atoms with E-state index in [4.69, 9.17) is 0 Å². The van der Waals surface area contributed by atoms with Crippen molar-refractivity contribution in [2.75, 3.05) is 37.2 Å². The van der Waals surface area contributed by atoms with Gasteiger partial charge in [0.25, 0.3) is 10.0 Å². The number of aromatic nitrogens is 1. The van der Waals surface area contributed by atoms with E-state index < -0.39 is 10.0 Å². The molecular formula is C17H24N4O2S. The number of anilines is 2. The van der Waals surface area contributed by atoms with Crippen molar-refractivity contribution in [2.45, 2.75) is 18.2 Å². The Morgan fingerprint density at radius 1 is 1.08 bits per heavy atom. The highest BCUT2D eigenvalue weighted by molar-refractivity contribution is 7.92. The third kappa shape index (κ3) is 5.21. The first kappa shape index (κ1) is 18.2. The zero-order valence-electron chi connectivity index (χ0n) is 14.3. The summed E-state index contributed by atoms with van der Waals surface area (Å²) in [5, 5.41) is 3.23. The summed E-state index contributed by atoms with van der Waals surface area (Å²) in [5.74, 6) is 0.299. The van der Waals surface area contributed by atoms with Gasteiger partial charge in [0.05, 0.1) is 16.8 Å². The highest BCUT2D eigenvalue weighted by atomic mass is 32.2. The van der Waals surface area contributed by atoms with Crippen molar-refractivity contribution in [1.82, 2.24) is 9.88 Å². The predicted molar refractivity (Wildman–Crippen MR) is 97.9 cm³/mol. The molecule has 0 saturated carbocycles. The van der Waals surface area contributed by atoms with Crippen LogP contribution in [-0.2, 0) is 16.4 Å². The molecule has 2 N–H and O–H groups in total. The number of hydrogen-bond donors (Lipinski definition) is 2. The van der Waals surface area contributed by atoms with Gasteiger partial charge in [0.15, 0.2) is 0 Å². The van der Waals surface area contributed by atoms with E-state index in [9.17, 15) is 8.42 Å². The van der Waals surface area contributed by atoms with E-state index in [2.05, 4.69) is 19.9 Å². The molecule has 24 heavy (non-hydrogen) atoms. The smallest absolute Gasteiger partial charge is 0.263 e. The normalized spacial score (nSPS) is 11.5. The maximum atomic E-state index is 12.4. The molecule has 2 aromatic rings. The standard InChI is InChI=1S/C17H24N4O2S/c1-4-14-5-8-16(9-6-14)24(22,23)20-17-10-7-15(13-19-17)18-11-12-21(2)3/h5-10,13,18H,4,11-12H2,1-3H3,(H,19,20). The molecule has 0 amide bonds. The zero-order valence-corrected chi connectivity index (χ0v) is 15.1. The summed E-state index contributed by atoms with van der Waals surface area (Å²) < 4.78 is 27.2. The van der Waals surface area contributed by atoms with Crippen LogP contribution < -0.4 is 10.0 Å². The first-order chi connectivity index (χ1) is 11.4. The van der Waals surface area contributed by atoms with Crippen LogP contribution in [0.3, 0.4) is 0 Å². The molecule has 0 saturated heterocycles. The number of pyridine rings is 1. The Bertz CT molecular complexity index is 741. The Kier molecular flexibility index (Phi) is 6.16. The second kappa shape index (κ2) is 8.12. The summed E-state index contributed by atoms with van der Waals surface area (Å²) in [6.45, 7) is 3.73. The SMILES string of the molecule is CCc1ccc(S(=O)(=O)Nc2ccc(NCCN(C)C)cn2)cc1. The number of sulfonamides is 1. The quantitative estimate of drug-likeness (QED) is 0.766. The van der Waals surface area contributed by atoms with Gasteiger partial charge in [-0.05, 0) is 50.3 Å². The number of aryl methyl sites for hydroxylation is 1. The largest absolute Gasteiger partial charge is 0.383 e. The molecule has 0 fully saturated rings. The minimum Gasteiger partial charge on any atom is -0.383 e. The van der Waals surface area contributed by atoms with Crippen LogP contribution in [0.2, 0.25) is 0 Å². The van der Waals surface area contributed by atoms with Crippen molar-refractivity contribution < 1.29 is 8.42 Å². The summed E-state index contributed by atoms with van der Waals surface area (Å²) >= 11 is 0. The van der Waals surface area contributed by atoms with Crippen LogP contribution in [0, 0.1) is 0 Å². The average molecular weight is 348 g/mol. The van der Waals surface area contributed by atoms with Crippen molar-refractivity contribution in [3.63, 3.8) is 0 Å². The maximum absolute atomic E-state index is 12.4. The Balaban J connectivity index is 2.01. The number of hydrogen-bond acceptors (Lipinski definition) is 5. The molecule has 0 atom stereocenters. The summed E-state index contributed by atoms with van der Waals surface area (Å²) in [4.78, 5) is 6.46. The van der Waals surface area contributed by atoms with Crippen LogP contribution in [0.4, 0.5) is 11.5 Å². The first-order valence-electron chi connectivity index (χ1n) is 7.87. The van der Waals surface area contributed by atoms with Gasteiger partial charge in [-0.1, -0.05) is 19.1 Å². The highest BCUT2D eigenvalue weighted by Crippen LogP contribution is 2.16. The van der Waals surface area contributed by atoms with E-state index in [-0.39, 0.29) is 4.90 Å². The summed E-state index contributed by atoms with van der Waals surface area (Å²) in [6, 6.07) is 10.3. The monoisotopic (exact) mass is 348 g/mol. The lowest BCUT2D eigenvalue weighted by Crippen LogP contribution is -2.20. The number of likely N-dealkylation sites (N-methyl/N-ethyl adjacent to an activating group) is 1. The van der Waals surface area contributed by atoms with Gasteiger partial charge < -0.3 is 10.2 Å². The third-order valence-electron chi connectivity index (χ3n) is 3.53. The van der Waals surface area contributed by atoms with Gasteiger partial charge in [0.2, 0.25) is 0 Å². The van der Waals surface area contributed by atoms with E-state index >= 15 is 0 Å². The predicted octanol–water partition coefficient (Wildman–Crippen LogP) is 2.42. The van der Waals surface area contributed by atoms with Gasteiger partial charge in [-0.3, -0.25) is 4.72 Å². The molecule has 1 aromatic carbocycles. The van der Waals surface area contributed by atoms with Crippen molar-refractivity contribution in [3.05, 3.63) is 48.2 Å². The topological polar surface area (TPSA) is 74.3 Å². The molecule has 130 valence electrons. The lowest BCUT2D eigenvalue weighted by molar-refractivity contribution is 0.425. The van der Waals surface area contributed by atoms with E-state index in [0.29, 0.717) is 5.82 Å². The van der Waals surface area contributed by atoms with E-state index in [0.717, 1.165) is 30.8 Å². The molecule has 6 nitrogen and oxygen atoms in total. The van der Waals surface area contributed by atoms with E-state index in [1.165, 1.54) is 0 Å². The highest BCUT2D eigenvalue weighted by Gasteiger charge is 2.14. The van der Waals surface area contributed by atoms with Crippen molar-refractivity contribution in [2.24, 2.45) is 0 Å². The average Bonchev–Trinajstić information content (AvgIpc) is 2.56. The number of rotatable bonds is 8.